The normalized spacial score (nSPS) is 21.0. The Balaban J connectivity index is 1.02. The average Bonchev–Trinajstić information content (AvgIpc) is 3.47. The number of aromatic nitrogens is 1. The van der Waals surface area contributed by atoms with Crippen LogP contribution in [0.2, 0.25) is 0 Å². The molecule has 0 radical (unpaired) electrons. The van der Waals surface area contributed by atoms with Crippen LogP contribution in [0.25, 0.3) is 5.57 Å². The number of amides is 6. The molecule has 3 atom stereocenters. The number of nitrogens with one attached hydrogen (secondary N) is 4. The van der Waals surface area contributed by atoms with Gasteiger partial charge in [-0.15, -0.1) is 0 Å². The van der Waals surface area contributed by atoms with Gasteiger partial charge in [0.15, 0.2) is 0 Å². The zero-order valence-corrected chi connectivity index (χ0v) is 33.6. The Morgan fingerprint density at radius 1 is 0.934 bits per heavy atom. The highest BCUT2D eigenvalue weighted by Gasteiger charge is 2.45. The molecule has 61 heavy (non-hydrogen) atoms. The van der Waals surface area contributed by atoms with Gasteiger partial charge < -0.3 is 25.4 Å². The predicted molar refractivity (Wildman–Crippen MR) is 215 cm³/mol. The molecule has 7 rings (SSSR count). The van der Waals surface area contributed by atoms with Crippen LogP contribution < -0.4 is 26.4 Å². The summed E-state index contributed by atoms with van der Waals surface area (Å²) in [5.41, 5.74) is -1.65. The number of carbonyl (C=O) groups excluding carboxylic acids is 6. The van der Waals surface area contributed by atoms with Gasteiger partial charge >= 0.3 is 6.18 Å². The third-order valence-electron chi connectivity index (χ3n) is 11.8. The molecule has 0 aliphatic carbocycles. The Hall–Kier alpha value is -6.37. The molecule has 2 fully saturated rings. The first-order valence-corrected chi connectivity index (χ1v) is 19.9. The van der Waals surface area contributed by atoms with Crippen LogP contribution in [0.15, 0.2) is 53.5 Å². The molecule has 1 unspecified atom stereocenters. The van der Waals surface area contributed by atoms with Gasteiger partial charge in [0, 0.05) is 81.2 Å². The number of anilines is 3. The van der Waals surface area contributed by atoms with E-state index >= 15 is 4.39 Å². The number of pyridine rings is 1. The third-order valence-corrected chi connectivity index (χ3v) is 11.8. The number of hydrogen-bond acceptors (Lipinski definition) is 10. The molecule has 4 aliphatic heterocycles. The number of fused-ring (bicyclic) bond motifs is 1. The molecular formula is C42H44F4N8O7. The zero-order valence-electron chi connectivity index (χ0n) is 33.6. The molecule has 4 N–H and O–H groups in total. The van der Waals surface area contributed by atoms with Crippen LogP contribution in [0.1, 0.15) is 88.2 Å². The van der Waals surface area contributed by atoms with E-state index in [1.165, 1.54) is 18.2 Å². The number of piperidine rings is 1. The van der Waals surface area contributed by atoms with Crippen LogP contribution in [-0.2, 0) is 20.6 Å². The summed E-state index contributed by atoms with van der Waals surface area (Å²) < 4.78 is 57.8. The van der Waals surface area contributed by atoms with E-state index < -0.39 is 64.3 Å². The quantitative estimate of drug-likeness (QED) is 0.131. The molecular weight excluding hydrogens is 805 g/mol. The van der Waals surface area contributed by atoms with E-state index in [9.17, 15) is 46.7 Å². The molecule has 322 valence electrons. The molecule has 19 heteroatoms. The topological polar surface area (TPSA) is 184 Å². The zero-order chi connectivity index (χ0) is 43.9. The Kier molecular flexibility index (Phi) is 11.9. The number of aromatic amines is 1. The predicted octanol–water partition coefficient (Wildman–Crippen LogP) is 4.22. The third kappa shape index (κ3) is 8.64. The first-order valence-electron chi connectivity index (χ1n) is 19.9. The highest BCUT2D eigenvalue weighted by atomic mass is 19.4. The lowest BCUT2D eigenvalue weighted by molar-refractivity contribution is -0.138. The van der Waals surface area contributed by atoms with Gasteiger partial charge in [-0.3, -0.25) is 48.7 Å². The minimum atomic E-state index is -5.00. The molecule has 6 amide bonds. The van der Waals surface area contributed by atoms with Gasteiger partial charge in [-0.2, -0.15) is 13.2 Å². The first kappa shape index (κ1) is 42.7. The Labute approximate surface area is 347 Å². The summed E-state index contributed by atoms with van der Waals surface area (Å²) in [7, 11) is 1.96. The van der Waals surface area contributed by atoms with Gasteiger partial charge in [0.1, 0.15) is 11.9 Å². The second-order valence-electron chi connectivity index (χ2n) is 15.7. The fourth-order valence-corrected chi connectivity index (χ4v) is 8.28. The SMILES string of the molecule is C[C@@H]1CN(c2cc(F)c(C3=CCN(C(=O)CCCNc4cccc5c4C(=O)N(C4CCC(=O)NC4=O)C5=O)CC3)cc2NC(=O)c2c[nH]c(=O)cc2C(F)(F)F)C[C@H](C)N1C. The summed E-state index contributed by atoms with van der Waals surface area (Å²) in [6, 6.07) is 6.62. The molecule has 4 aliphatic rings. The standard InChI is InChI=1S/C42H44F4N8O7/c1-22-20-53(21-23(2)51(22)3)33-18-29(43)26(16-31(33)49-38(58)27-19-48-35(56)17-28(27)42(44,45)46)24-11-14-52(15-12-24)36(57)8-5-13-47-30-7-4-6-25-37(30)41(61)54(40(25)60)32-9-10-34(55)50-39(32)59/h4,6-7,11,16-19,22-23,32,47H,5,8-10,12-15,20-21H2,1-3H3,(H,48,56)(H,49,58)(H,50,55,59)/t22-,23+,32?. The lowest BCUT2D eigenvalue weighted by atomic mass is 9.96. The number of nitrogens with zero attached hydrogens (tertiary/aromatic N) is 4. The van der Waals surface area contributed by atoms with Crippen molar-refractivity contribution in [2.75, 3.05) is 55.3 Å². The van der Waals surface area contributed by atoms with E-state index in [4.69, 9.17) is 0 Å². The first-order chi connectivity index (χ1) is 28.9. The van der Waals surface area contributed by atoms with E-state index in [0.29, 0.717) is 43.0 Å². The molecule has 5 heterocycles. The van der Waals surface area contributed by atoms with Crippen molar-refractivity contribution < 1.29 is 46.3 Å². The Morgan fingerprint density at radius 2 is 1.67 bits per heavy atom. The van der Waals surface area contributed by atoms with Gasteiger partial charge in [0.05, 0.1) is 33.6 Å². The van der Waals surface area contributed by atoms with E-state index in [1.807, 2.05) is 25.8 Å². The number of rotatable bonds is 10. The number of alkyl halides is 3. The molecule has 0 saturated carbocycles. The summed E-state index contributed by atoms with van der Waals surface area (Å²) in [6.45, 7) is 5.49. The summed E-state index contributed by atoms with van der Waals surface area (Å²) in [5, 5.41) is 7.85. The Morgan fingerprint density at radius 3 is 2.34 bits per heavy atom. The highest BCUT2D eigenvalue weighted by Crippen LogP contribution is 2.38. The van der Waals surface area contributed by atoms with Crippen molar-refractivity contribution in [3.63, 3.8) is 0 Å². The number of hydrogen-bond donors (Lipinski definition) is 4. The minimum absolute atomic E-state index is 0.00400. The second kappa shape index (κ2) is 16.9. The van der Waals surface area contributed by atoms with Crippen molar-refractivity contribution in [2.24, 2.45) is 0 Å². The van der Waals surface area contributed by atoms with Crippen molar-refractivity contribution in [2.45, 2.75) is 70.3 Å². The number of H-pyrrole nitrogens is 1. The van der Waals surface area contributed by atoms with Crippen LogP contribution >= 0.6 is 0 Å². The molecule has 15 nitrogen and oxygen atoms in total. The molecule has 3 aromatic rings. The average molecular weight is 849 g/mol. The van der Waals surface area contributed by atoms with Crippen LogP contribution in [0, 0.1) is 5.82 Å². The van der Waals surface area contributed by atoms with Crippen LogP contribution in [0.4, 0.5) is 34.6 Å². The minimum Gasteiger partial charge on any atom is -0.384 e. The maximum Gasteiger partial charge on any atom is 0.417 e. The summed E-state index contributed by atoms with van der Waals surface area (Å²) in [5.74, 6) is -4.42. The Bertz CT molecular complexity index is 2400. The van der Waals surface area contributed by atoms with E-state index in [2.05, 4.69) is 25.8 Å². The lowest BCUT2D eigenvalue weighted by Crippen LogP contribution is -2.55. The largest absolute Gasteiger partial charge is 0.417 e. The number of carbonyl (C=O) groups is 6. The van der Waals surface area contributed by atoms with Gasteiger partial charge in [-0.25, -0.2) is 4.39 Å². The van der Waals surface area contributed by atoms with Crippen molar-refractivity contribution in [1.82, 2.24) is 25.0 Å². The van der Waals surface area contributed by atoms with E-state index in [-0.39, 0.29) is 91.4 Å². The molecule has 1 aromatic heterocycles. The lowest BCUT2D eigenvalue weighted by Gasteiger charge is -2.44. The maximum atomic E-state index is 16.1. The second-order valence-corrected chi connectivity index (χ2v) is 15.7. The van der Waals surface area contributed by atoms with Crippen molar-refractivity contribution in [3.05, 3.63) is 92.7 Å². The van der Waals surface area contributed by atoms with E-state index in [0.717, 1.165) is 4.90 Å². The number of halogens is 4. The molecule has 0 spiro atoms. The summed E-state index contributed by atoms with van der Waals surface area (Å²) in [4.78, 5) is 97.8. The van der Waals surface area contributed by atoms with Crippen LogP contribution in [0.5, 0.6) is 0 Å². The van der Waals surface area contributed by atoms with Gasteiger partial charge in [0.2, 0.25) is 23.3 Å². The highest BCUT2D eigenvalue weighted by molar-refractivity contribution is 6.25. The number of imide groups is 2. The molecule has 2 aromatic carbocycles. The van der Waals surface area contributed by atoms with Gasteiger partial charge in [-0.05, 0) is 70.0 Å². The summed E-state index contributed by atoms with van der Waals surface area (Å²) >= 11 is 0. The van der Waals surface area contributed by atoms with Crippen molar-refractivity contribution in [1.29, 1.82) is 0 Å². The van der Waals surface area contributed by atoms with Gasteiger partial charge in [0.25, 0.3) is 17.7 Å². The summed E-state index contributed by atoms with van der Waals surface area (Å²) in [6.07, 6.45) is -1.88. The molecule has 0 bridgehead atoms. The number of piperazine rings is 1. The van der Waals surface area contributed by atoms with Gasteiger partial charge in [-0.1, -0.05) is 12.1 Å². The number of likely N-dealkylation sites (N-methyl/N-ethyl adjacent to an activating group) is 1. The van der Waals surface area contributed by atoms with Crippen molar-refractivity contribution in [3.8, 4) is 0 Å². The van der Waals surface area contributed by atoms with Crippen LogP contribution in [0.3, 0.4) is 0 Å². The maximum absolute atomic E-state index is 16.1. The molecule has 2 saturated heterocycles. The smallest absolute Gasteiger partial charge is 0.384 e. The fourth-order valence-electron chi connectivity index (χ4n) is 8.28. The van der Waals surface area contributed by atoms with E-state index in [1.54, 1.807) is 23.1 Å². The monoisotopic (exact) mass is 848 g/mol. The fraction of sp³-hybridized carbons (Fsp3) is 0.405. The van der Waals surface area contributed by atoms with Crippen molar-refractivity contribution >= 4 is 58.1 Å². The van der Waals surface area contributed by atoms with Crippen LogP contribution in [-0.4, -0.2) is 113 Å². The number of benzene rings is 2.